The number of aromatic nitrogens is 3. The normalized spacial score (nSPS) is 25.5. The molecule has 2 rings (SSSR count). The highest BCUT2D eigenvalue weighted by atomic mass is 16.4. The van der Waals surface area contributed by atoms with Crippen molar-refractivity contribution in [2.45, 2.75) is 31.6 Å². The van der Waals surface area contributed by atoms with E-state index in [0.29, 0.717) is 12.2 Å². The fourth-order valence-corrected chi connectivity index (χ4v) is 2.30. The molecule has 0 bridgehead atoms. The maximum absolute atomic E-state index is 11.1. The van der Waals surface area contributed by atoms with E-state index in [1.54, 1.807) is 0 Å². The van der Waals surface area contributed by atoms with Gasteiger partial charge < -0.3 is 16.7 Å². The molecule has 1 aliphatic rings. The van der Waals surface area contributed by atoms with Crippen LogP contribution in [0.1, 0.15) is 37.4 Å². The van der Waals surface area contributed by atoms with Crippen molar-refractivity contribution in [1.82, 2.24) is 14.9 Å². The van der Waals surface area contributed by atoms with Gasteiger partial charge in [0.15, 0.2) is 5.82 Å². The maximum Gasteiger partial charge on any atom is 0.307 e. The molecule has 0 saturated heterocycles. The number of rotatable bonds is 2. The smallest absolute Gasteiger partial charge is 0.307 e. The SMILES string of the molecule is Nc1nnc(C2CCCCC2C(=O)O)n1N. The van der Waals surface area contributed by atoms with Crippen LogP contribution in [-0.2, 0) is 4.79 Å². The Balaban J connectivity index is 2.30. The van der Waals surface area contributed by atoms with Gasteiger partial charge in [-0.15, -0.1) is 10.2 Å². The van der Waals surface area contributed by atoms with Gasteiger partial charge >= 0.3 is 5.97 Å². The number of nitrogens with two attached hydrogens (primary N) is 2. The second-order valence-electron chi connectivity index (χ2n) is 4.12. The largest absolute Gasteiger partial charge is 0.481 e. The molecule has 1 aromatic heterocycles. The third kappa shape index (κ3) is 1.68. The van der Waals surface area contributed by atoms with E-state index < -0.39 is 11.9 Å². The number of nitrogen functional groups attached to an aromatic ring is 2. The van der Waals surface area contributed by atoms with Crippen LogP contribution in [0.5, 0.6) is 0 Å². The first-order valence-corrected chi connectivity index (χ1v) is 5.30. The van der Waals surface area contributed by atoms with Crippen LogP contribution in [0.25, 0.3) is 0 Å². The molecule has 7 nitrogen and oxygen atoms in total. The van der Waals surface area contributed by atoms with Crippen molar-refractivity contribution in [3.8, 4) is 0 Å². The Bertz CT molecular complexity index is 403. The molecule has 0 radical (unpaired) electrons. The number of carbonyl (C=O) groups is 1. The number of carboxylic acids is 1. The van der Waals surface area contributed by atoms with E-state index in [9.17, 15) is 4.79 Å². The number of aliphatic carboxylic acids is 1. The summed E-state index contributed by atoms with van der Waals surface area (Å²) in [5.74, 6) is 4.85. The van der Waals surface area contributed by atoms with E-state index in [1.807, 2.05) is 0 Å². The molecule has 1 aliphatic carbocycles. The third-order valence-electron chi connectivity index (χ3n) is 3.16. The molecule has 16 heavy (non-hydrogen) atoms. The summed E-state index contributed by atoms with van der Waals surface area (Å²) in [6.45, 7) is 0. The Hall–Kier alpha value is -1.79. The predicted molar refractivity (Wildman–Crippen MR) is 56.9 cm³/mol. The minimum Gasteiger partial charge on any atom is -0.481 e. The summed E-state index contributed by atoms with van der Waals surface area (Å²) in [6, 6.07) is 0. The first-order valence-electron chi connectivity index (χ1n) is 5.30. The number of hydrogen-bond donors (Lipinski definition) is 3. The molecule has 0 aliphatic heterocycles. The molecule has 0 amide bonds. The molecule has 1 heterocycles. The van der Waals surface area contributed by atoms with Crippen LogP contribution in [0, 0.1) is 5.92 Å². The second-order valence-corrected chi connectivity index (χ2v) is 4.12. The Morgan fingerprint density at radius 2 is 2.06 bits per heavy atom. The van der Waals surface area contributed by atoms with Gasteiger partial charge in [0.2, 0.25) is 5.95 Å². The van der Waals surface area contributed by atoms with Crippen LogP contribution < -0.4 is 11.6 Å². The highest BCUT2D eigenvalue weighted by Crippen LogP contribution is 2.36. The van der Waals surface area contributed by atoms with Crippen LogP contribution >= 0.6 is 0 Å². The van der Waals surface area contributed by atoms with Gasteiger partial charge in [0.1, 0.15) is 0 Å². The van der Waals surface area contributed by atoms with Gasteiger partial charge in [-0.1, -0.05) is 12.8 Å². The van der Waals surface area contributed by atoms with Gasteiger partial charge in [-0.2, -0.15) is 0 Å². The summed E-state index contributed by atoms with van der Waals surface area (Å²) in [6.07, 6.45) is 3.35. The van der Waals surface area contributed by atoms with Crippen LogP contribution in [0.15, 0.2) is 0 Å². The van der Waals surface area contributed by atoms with Crippen molar-refractivity contribution >= 4 is 11.9 Å². The summed E-state index contributed by atoms with van der Waals surface area (Å²) < 4.78 is 1.19. The Labute approximate surface area is 92.4 Å². The third-order valence-corrected chi connectivity index (χ3v) is 3.16. The fourth-order valence-electron chi connectivity index (χ4n) is 2.30. The monoisotopic (exact) mass is 225 g/mol. The van der Waals surface area contributed by atoms with Gasteiger partial charge in [-0.25, -0.2) is 4.68 Å². The topological polar surface area (TPSA) is 120 Å². The average molecular weight is 225 g/mol. The molecule has 1 fully saturated rings. The van der Waals surface area contributed by atoms with Crippen molar-refractivity contribution < 1.29 is 9.90 Å². The zero-order chi connectivity index (χ0) is 11.7. The minimum absolute atomic E-state index is 0.115. The van der Waals surface area contributed by atoms with E-state index in [0.717, 1.165) is 19.3 Å². The highest BCUT2D eigenvalue weighted by molar-refractivity contribution is 5.71. The van der Waals surface area contributed by atoms with Gasteiger partial charge in [0, 0.05) is 5.92 Å². The number of nitrogens with zero attached hydrogens (tertiary/aromatic N) is 3. The fraction of sp³-hybridized carbons (Fsp3) is 0.667. The number of carboxylic acid groups (broad SMARTS) is 1. The van der Waals surface area contributed by atoms with Gasteiger partial charge in [-0.3, -0.25) is 4.79 Å². The lowest BCUT2D eigenvalue weighted by atomic mass is 9.79. The van der Waals surface area contributed by atoms with E-state index in [-0.39, 0.29) is 11.9 Å². The molecule has 1 saturated carbocycles. The predicted octanol–water partition coefficient (Wildman–Crippen LogP) is -0.0675. The quantitative estimate of drug-likeness (QED) is 0.606. The van der Waals surface area contributed by atoms with Crippen molar-refractivity contribution in [2.75, 3.05) is 11.6 Å². The van der Waals surface area contributed by atoms with Crippen molar-refractivity contribution in [3.63, 3.8) is 0 Å². The Morgan fingerprint density at radius 1 is 1.38 bits per heavy atom. The van der Waals surface area contributed by atoms with Crippen molar-refractivity contribution in [1.29, 1.82) is 0 Å². The van der Waals surface area contributed by atoms with Crippen LogP contribution in [0.3, 0.4) is 0 Å². The standard InChI is InChI=1S/C9H15N5O2/c10-9-13-12-7(14(9)11)5-3-1-2-4-6(5)8(15)16/h5-6H,1-4,11H2,(H2,10,13)(H,15,16). The molecule has 2 unspecified atom stereocenters. The molecular formula is C9H15N5O2. The number of hydrogen-bond acceptors (Lipinski definition) is 5. The molecule has 2 atom stereocenters. The minimum atomic E-state index is -0.800. The summed E-state index contributed by atoms with van der Waals surface area (Å²) in [4.78, 5) is 11.1. The number of anilines is 1. The summed E-state index contributed by atoms with van der Waals surface area (Å²) >= 11 is 0. The van der Waals surface area contributed by atoms with Gasteiger partial charge in [0.05, 0.1) is 5.92 Å². The Kier molecular flexibility index (Phi) is 2.67. The molecule has 88 valence electrons. The summed E-state index contributed by atoms with van der Waals surface area (Å²) in [5.41, 5.74) is 5.49. The van der Waals surface area contributed by atoms with Gasteiger partial charge in [-0.05, 0) is 12.8 Å². The second kappa shape index (κ2) is 3.99. The zero-order valence-electron chi connectivity index (χ0n) is 8.83. The van der Waals surface area contributed by atoms with Crippen molar-refractivity contribution in [2.24, 2.45) is 5.92 Å². The van der Waals surface area contributed by atoms with Crippen LogP contribution in [-0.4, -0.2) is 25.9 Å². The maximum atomic E-state index is 11.1. The molecule has 0 aromatic carbocycles. The highest BCUT2D eigenvalue weighted by Gasteiger charge is 2.35. The van der Waals surface area contributed by atoms with Crippen LogP contribution in [0.2, 0.25) is 0 Å². The van der Waals surface area contributed by atoms with E-state index >= 15 is 0 Å². The van der Waals surface area contributed by atoms with Crippen LogP contribution in [0.4, 0.5) is 5.95 Å². The van der Waals surface area contributed by atoms with E-state index in [1.165, 1.54) is 4.68 Å². The molecular weight excluding hydrogens is 210 g/mol. The zero-order valence-corrected chi connectivity index (χ0v) is 8.83. The lowest BCUT2D eigenvalue weighted by Gasteiger charge is -2.27. The molecule has 7 heteroatoms. The lowest BCUT2D eigenvalue weighted by molar-refractivity contribution is -0.143. The summed E-state index contributed by atoms with van der Waals surface area (Å²) in [5, 5.41) is 16.7. The van der Waals surface area contributed by atoms with Gasteiger partial charge in [0.25, 0.3) is 0 Å². The molecule has 5 N–H and O–H groups in total. The van der Waals surface area contributed by atoms with E-state index in [4.69, 9.17) is 16.7 Å². The average Bonchev–Trinajstić information content (AvgIpc) is 2.60. The van der Waals surface area contributed by atoms with E-state index in [2.05, 4.69) is 10.2 Å². The first kappa shape index (κ1) is 10.7. The molecule has 1 aromatic rings. The van der Waals surface area contributed by atoms with Crippen molar-refractivity contribution in [3.05, 3.63) is 5.82 Å². The lowest BCUT2D eigenvalue weighted by Crippen LogP contribution is -2.29. The molecule has 0 spiro atoms. The first-order chi connectivity index (χ1) is 7.61. The summed E-state index contributed by atoms with van der Waals surface area (Å²) in [7, 11) is 0. The Morgan fingerprint density at radius 3 is 2.62 bits per heavy atom.